The molecular weight excluding hydrogens is 394 g/mol. The van der Waals surface area contributed by atoms with Gasteiger partial charge in [-0.15, -0.1) is 0 Å². The molecule has 0 aliphatic carbocycles. The predicted octanol–water partition coefficient (Wildman–Crippen LogP) is 4.95. The number of carbonyl (C=O) groups is 2. The Balaban J connectivity index is 1.58. The third-order valence-corrected chi connectivity index (χ3v) is 5.21. The SMILES string of the molecule is CC[C@@H](C)c1ccccc1NC(=O)[C@H](C)OC(=O)/C=C/c1ccc2c(c1)OCCCO2. The molecule has 0 spiro atoms. The lowest BCUT2D eigenvalue weighted by Gasteiger charge is -2.17. The number of fused-ring (bicyclic) bond motifs is 1. The van der Waals surface area contributed by atoms with Crippen molar-refractivity contribution in [3.63, 3.8) is 0 Å². The van der Waals surface area contributed by atoms with E-state index in [0.29, 0.717) is 30.6 Å². The molecule has 1 N–H and O–H groups in total. The van der Waals surface area contributed by atoms with Crippen molar-refractivity contribution < 1.29 is 23.8 Å². The Morgan fingerprint density at radius 2 is 1.84 bits per heavy atom. The summed E-state index contributed by atoms with van der Waals surface area (Å²) in [5.74, 6) is 0.701. The fourth-order valence-electron chi connectivity index (χ4n) is 3.21. The monoisotopic (exact) mass is 423 g/mol. The molecule has 0 unspecified atom stereocenters. The molecule has 164 valence electrons. The van der Waals surface area contributed by atoms with Gasteiger partial charge in [0.1, 0.15) is 0 Å². The largest absolute Gasteiger partial charge is 0.490 e. The normalized spacial score (nSPS) is 15.1. The van der Waals surface area contributed by atoms with Crippen LogP contribution in [0.5, 0.6) is 11.5 Å². The Morgan fingerprint density at radius 1 is 1.10 bits per heavy atom. The highest BCUT2D eigenvalue weighted by atomic mass is 16.5. The molecule has 1 aliphatic heterocycles. The molecule has 0 bridgehead atoms. The smallest absolute Gasteiger partial charge is 0.331 e. The maximum Gasteiger partial charge on any atom is 0.331 e. The van der Waals surface area contributed by atoms with E-state index >= 15 is 0 Å². The van der Waals surface area contributed by atoms with Crippen LogP contribution in [0.3, 0.4) is 0 Å². The molecule has 0 aromatic heterocycles. The molecular formula is C25H29NO5. The Kier molecular flexibility index (Phi) is 7.70. The van der Waals surface area contributed by atoms with E-state index in [2.05, 4.69) is 19.2 Å². The van der Waals surface area contributed by atoms with E-state index in [9.17, 15) is 9.59 Å². The second-order valence-corrected chi connectivity index (χ2v) is 7.55. The highest BCUT2D eigenvalue weighted by molar-refractivity contribution is 5.97. The first-order valence-electron chi connectivity index (χ1n) is 10.7. The Bertz CT molecular complexity index is 953. The minimum Gasteiger partial charge on any atom is -0.490 e. The first-order chi connectivity index (χ1) is 15.0. The predicted molar refractivity (Wildman–Crippen MR) is 120 cm³/mol. The molecule has 1 heterocycles. The molecule has 1 amide bonds. The van der Waals surface area contributed by atoms with Gasteiger partial charge in [-0.25, -0.2) is 4.79 Å². The van der Waals surface area contributed by atoms with E-state index in [0.717, 1.165) is 29.7 Å². The molecule has 6 nitrogen and oxygen atoms in total. The van der Waals surface area contributed by atoms with Gasteiger partial charge in [0.2, 0.25) is 0 Å². The second kappa shape index (κ2) is 10.7. The fraction of sp³-hybridized carbons (Fsp3) is 0.360. The summed E-state index contributed by atoms with van der Waals surface area (Å²) in [4.78, 5) is 24.7. The van der Waals surface area contributed by atoms with Gasteiger partial charge < -0.3 is 19.5 Å². The van der Waals surface area contributed by atoms with Crippen molar-refractivity contribution >= 4 is 23.6 Å². The summed E-state index contributed by atoms with van der Waals surface area (Å²) >= 11 is 0. The van der Waals surface area contributed by atoms with Crippen LogP contribution < -0.4 is 14.8 Å². The van der Waals surface area contributed by atoms with E-state index in [1.807, 2.05) is 42.5 Å². The van der Waals surface area contributed by atoms with Crippen molar-refractivity contribution in [2.75, 3.05) is 18.5 Å². The summed E-state index contributed by atoms with van der Waals surface area (Å²) in [6.45, 7) is 6.98. The van der Waals surface area contributed by atoms with Gasteiger partial charge in [-0.2, -0.15) is 0 Å². The number of esters is 1. The number of para-hydroxylation sites is 1. The summed E-state index contributed by atoms with van der Waals surface area (Å²) in [5.41, 5.74) is 2.58. The maximum absolute atomic E-state index is 12.5. The summed E-state index contributed by atoms with van der Waals surface area (Å²) < 4.78 is 16.5. The lowest BCUT2D eigenvalue weighted by Crippen LogP contribution is -2.29. The number of carbonyl (C=O) groups excluding carboxylic acids is 2. The van der Waals surface area contributed by atoms with E-state index in [-0.39, 0.29) is 5.91 Å². The molecule has 0 fully saturated rings. The number of rotatable bonds is 7. The van der Waals surface area contributed by atoms with Crippen LogP contribution in [0.2, 0.25) is 0 Å². The molecule has 2 atom stereocenters. The first kappa shape index (κ1) is 22.4. The van der Waals surface area contributed by atoms with Gasteiger partial charge in [-0.1, -0.05) is 38.1 Å². The van der Waals surface area contributed by atoms with Gasteiger partial charge in [0.25, 0.3) is 5.91 Å². The van der Waals surface area contributed by atoms with Crippen LogP contribution in [0.4, 0.5) is 5.69 Å². The molecule has 2 aromatic carbocycles. The van der Waals surface area contributed by atoms with Crippen molar-refractivity contribution in [1.82, 2.24) is 0 Å². The summed E-state index contributed by atoms with van der Waals surface area (Å²) in [6.07, 6.45) is 3.79. The molecule has 6 heteroatoms. The van der Waals surface area contributed by atoms with Crippen molar-refractivity contribution in [2.45, 2.75) is 45.6 Å². The first-order valence-corrected chi connectivity index (χ1v) is 10.7. The Hall–Kier alpha value is -3.28. The minimum atomic E-state index is -0.925. The molecule has 2 aromatic rings. The van der Waals surface area contributed by atoms with Crippen molar-refractivity contribution in [3.8, 4) is 11.5 Å². The summed E-state index contributed by atoms with van der Waals surface area (Å²) in [6, 6.07) is 13.1. The standard InChI is InChI=1S/C25H29NO5/c1-4-17(2)20-8-5-6-9-21(20)26-25(28)18(3)31-24(27)13-11-19-10-12-22-23(16-19)30-15-7-14-29-22/h5-6,8-13,16-18H,4,7,14-15H2,1-3H3,(H,26,28)/b13-11+/t17-,18+/m1/s1. The number of hydrogen-bond acceptors (Lipinski definition) is 5. The third kappa shape index (κ3) is 6.10. The number of benzene rings is 2. The molecule has 0 saturated heterocycles. The van der Waals surface area contributed by atoms with Gasteiger partial charge in [-0.05, 0) is 54.7 Å². The number of ether oxygens (including phenoxy) is 3. The topological polar surface area (TPSA) is 73.9 Å². The van der Waals surface area contributed by atoms with Crippen molar-refractivity contribution in [3.05, 3.63) is 59.7 Å². The second-order valence-electron chi connectivity index (χ2n) is 7.55. The third-order valence-electron chi connectivity index (χ3n) is 5.21. The van der Waals surface area contributed by atoms with Crippen LogP contribution in [0.25, 0.3) is 6.08 Å². The molecule has 1 aliphatic rings. The van der Waals surface area contributed by atoms with Crippen molar-refractivity contribution in [2.24, 2.45) is 0 Å². The van der Waals surface area contributed by atoms with Gasteiger partial charge in [0, 0.05) is 18.2 Å². The van der Waals surface area contributed by atoms with Gasteiger partial charge in [-0.3, -0.25) is 4.79 Å². The molecule has 3 rings (SSSR count). The lowest BCUT2D eigenvalue weighted by molar-refractivity contribution is -0.148. The molecule has 0 saturated carbocycles. The summed E-state index contributed by atoms with van der Waals surface area (Å²) in [7, 11) is 0. The average molecular weight is 424 g/mol. The van der Waals surface area contributed by atoms with Crippen LogP contribution in [0.1, 0.15) is 50.7 Å². The van der Waals surface area contributed by atoms with Gasteiger partial charge >= 0.3 is 5.97 Å². The van der Waals surface area contributed by atoms with Crippen LogP contribution >= 0.6 is 0 Å². The van der Waals surface area contributed by atoms with E-state index < -0.39 is 12.1 Å². The fourth-order valence-corrected chi connectivity index (χ4v) is 3.21. The van der Waals surface area contributed by atoms with E-state index in [1.165, 1.54) is 6.08 Å². The summed E-state index contributed by atoms with van der Waals surface area (Å²) in [5, 5.41) is 2.87. The quantitative estimate of drug-likeness (QED) is 0.504. The zero-order valence-corrected chi connectivity index (χ0v) is 18.2. The minimum absolute atomic E-state index is 0.313. The van der Waals surface area contributed by atoms with Crippen LogP contribution in [0, 0.1) is 0 Å². The molecule has 0 radical (unpaired) electrons. The zero-order valence-electron chi connectivity index (χ0n) is 18.2. The number of anilines is 1. The van der Waals surface area contributed by atoms with E-state index in [4.69, 9.17) is 14.2 Å². The van der Waals surface area contributed by atoms with Crippen LogP contribution in [0.15, 0.2) is 48.5 Å². The van der Waals surface area contributed by atoms with Crippen LogP contribution in [-0.4, -0.2) is 31.2 Å². The lowest BCUT2D eigenvalue weighted by atomic mass is 9.97. The number of amides is 1. The van der Waals surface area contributed by atoms with Gasteiger partial charge in [0.15, 0.2) is 17.6 Å². The van der Waals surface area contributed by atoms with Crippen LogP contribution in [-0.2, 0) is 14.3 Å². The Morgan fingerprint density at radius 3 is 2.61 bits per heavy atom. The Labute approximate surface area is 183 Å². The van der Waals surface area contributed by atoms with E-state index in [1.54, 1.807) is 13.0 Å². The number of hydrogen-bond donors (Lipinski definition) is 1. The van der Waals surface area contributed by atoms with Gasteiger partial charge in [0.05, 0.1) is 13.2 Å². The highest BCUT2D eigenvalue weighted by Gasteiger charge is 2.19. The zero-order chi connectivity index (χ0) is 22.2. The van der Waals surface area contributed by atoms with Crippen molar-refractivity contribution in [1.29, 1.82) is 0 Å². The molecule has 31 heavy (non-hydrogen) atoms. The highest BCUT2D eigenvalue weighted by Crippen LogP contribution is 2.31. The number of nitrogens with one attached hydrogen (secondary N) is 1. The maximum atomic E-state index is 12.5. The average Bonchev–Trinajstić information content (AvgIpc) is 3.02.